The van der Waals surface area contributed by atoms with Gasteiger partial charge >= 0.3 is 5.97 Å². The second-order valence-electron chi connectivity index (χ2n) is 5.10. The molecule has 0 saturated heterocycles. The second-order valence-corrected chi connectivity index (χ2v) is 5.10. The third-order valence-electron chi connectivity index (χ3n) is 3.01. The van der Waals surface area contributed by atoms with Gasteiger partial charge in [-0.2, -0.15) is 0 Å². The van der Waals surface area contributed by atoms with Crippen molar-refractivity contribution in [1.82, 2.24) is 10.6 Å². The standard InChI is InChI=1S/C14H26N2O5/c1-3-5-7-15-11(17)9-14(21,13(19)20)10-12(18)16-8-6-4-2/h21H,3-10H2,1-2H3,(H,15,17)(H,16,18)(H,19,20). The highest BCUT2D eigenvalue weighted by Gasteiger charge is 2.40. The van der Waals surface area contributed by atoms with Crippen LogP contribution in [-0.4, -0.2) is 46.7 Å². The van der Waals surface area contributed by atoms with Crippen molar-refractivity contribution in [3.8, 4) is 0 Å². The predicted molar refractivity (Wildman–Crippen MR) is 77.7 cm³/mol. The van der Waals surface area contributed by atoms with Gasteiger partial charge in [0, 0.05) is 13.1 Å². The maximum absolute atomic E-state index is 11.6. The summed E-state index contributed by atoms with van der Waals surface area (Å²) in [5.74, 6) is -2.72. The minimum Gasteiger partial charge on any atom is -0.479 e. The lowest BCUT2D eigenvalue weighted by molar-refractivity contribution is -0.164. The number of rotatable bonds is 11. The van der Waals surface area contributed by atoms with Crippen molar-refractivity contribution < 1.29 is 24.6 Å². The van der Waals surface area contributed by atoms with E-state index < -0.39 is 36.2 Å². The molecule has 7 nitrogen and oxygen atoms in total. The van der Waals surface area contributed by atoms with Crippen molar-refractivity contribution in [2.24, 2.45) is 0 Å². The van der Waals surface area contributed by atoms with Gasteiger partial charge in [-0.05, 0) is 12.8 Å². The molecule has 0 aromatic rings. The van der Waals surface area contributed by atoms with Crippen LogP contribution in [0.2, 0.25) is 0 Å². The van der Waals surface area contributed by atoms with Crippen LogP contribution in [0.1, 0.15) is 52.4 Å². The van der Waals surface area contributed by atoms with Gasteiger partial charge in [0.15, 0.2) is 5.60 Å². The van der Waals surface area contributed by atoms with Crippen LogP contribution in [-0.2, 0) is 14.4 Å². The molecule has 0 aliphatic rings. The summed E-state index contributed by atoms with van der Waals surface area (Å²) < 4.78 is 0. The highest BCUT2D eigenvalue weighted by Crippen LogP contribution is 2.16. The van der Waals surface area contributed by atoms with E-state index in [1.807, 2.05) is 13.8 Å². The Balaban J connectivity index is 4.44. The predicted octanol–water partition coefficient (Wildman–Crippen LogP) is 0.415. The first-order valence-electron chi connectivity index (χ1n) is 7.35. The Morgan fingerprint density at radius 2 is 1.29 bits per heavy atom. The molecule has 7 heteroatoms. The van der Waals surface area contributed by atoms with Crippen LogP contribution in [0.3, 0.4) is 0 Å². The zero-order chi connectivity index (χ0) is 16.3. The fourth-order valence-corrected chi connectivity index (χ4v) is 1.68. The van der Waals surface area contributed by atoms with Crippen LogP contribution in [0.4, 0.5) is 0 Å². The van der Waals surface area contributed by atoms with E-state index in [0.717, 1.165) is 25.7 Å². The molecule has 0 unspecified atom stereocenters. The van der Waals surface area contributed by atoms with Gasteiger partial charge in [-0.3, -0.25) is 9.59 Å². The van der Waals surface area contributed by atoms with Gasteiger partial charge in [-0.25, -0.2) is 4.79 Å². The Bertz CT molecular complexity index is 333. The highest BCUT2D eigenvalue weighted by molar-refractivity contribution is 5.91. The summed E-state index contributed by atoms with van der Waals surface area (Å²) in [5.41, 5.74) is -2.37. The third kappa shape index (κ3) is 8.29. The van der Waals surface area contributed by atoms with E-state index in [1.165, 1.54) is 0 Å². The molecule has 2 amide bonds. The Hall–Kier alpha value is -1.63. The summed E-state index contributed by atoms with van der Waals surface area (Å²) in [5, 5.41) is 24.1. The van der Waals surface area contributed by atoms with Crippen LogP contribution >= 0.6 is 0 Å². The Morgan fingerprint density at radius 1 is 0.905 bits per heavy atom. The van der Waals surface area contributed by atoms with Gasteiger partial charge < -0.3 is 20.8 Å². The average molecular weight is 302 g/mol. The molecule has 0 atom stereocenters. The molecule has 122 valence electrons. The molecule has 4 N–H and O–H groups in total. The van der Waals surface area contributed by atoms with Crippen LogP contribution < -0.4 is 10.6 Å². The van der Waals surface area contributed by atoms with Crippen molar-refractivity contribution in [3.63, 3.8) is 0 Å². The lowest BCUT2D eigenvalue weighted by atomic mass is 9.94. The van der Waals surface area contributed by atoms with E-state index in [1.54, 1.807) is 0 Å². The van der Waals surface area contributed by atoms with Gasteiger partial charge in [-0.15, -0.1) is 0 Å². The van der Waals surface area contributed by atoms with Crippen molar-refractivity contribution in [1.29, 1.82) is 0 Å². The molecule has 0 radical (unpaired) electrons. The zero-order valence-electron chi connectivity index (χ0n) is 12.8. The molecule has 21 heavy (non-hydrogen) atoms. The van der Waals surface area contributed by atoms with Crippen LogP contribution in [0.5, 0.6) is 0 Å². The second kappa shape index (κ2) is 10.1. The summed E-state index contributed by atoms with van der Waals surface area (Å²) in [6.45, 7) is 4.77. The molecule has 0 aliphatic heterocycles. The number of carboxylic acids is 1. The monoisotopic (exact) mass is 302 g/mol. The fourth-order valence-electron chi connectivity index (χ4n) is 1.68. The Morgan fingerprint density at radius 3 is 1.57 bits per heavy atom. The van der Waals surface area contributed by atoms with Gasteiger partial charge in [0.25, 0.3) is 0 Å². The summed E-state index contributed by atoms with van der Waals surface area (Å²) in [7, 11) is 0. The number of hydrogen-bond donors (Lipinski definition) is 4. The number of aliphatic hydroxyl groups is 1. The quantitative estimate of drug-likeness (QED) is 0.413. The summed E-state index contributed by atoms with van der Waals surface area (Å²) in [6.07, 6.45) is 2.07. The van der Waals surface area contributed by atoms with Crippen molar-refractivity contribution in [3.05, 3.63) is 0 Å². The van der Waals surface area contributed by atoms with Gasteiger partial charge in [0.05, 0.1) is 12.8 Å². The fraction of sp³-hybridized carbons (Fsp3) is 0.786. The molecule has 0 saturated carbocycles. The van der Waals surface area contributed by atoms with Crippen LogP contribution in [0.15, 0.2) is 0 Å². The van der Waals surface area contributed by atoms with E-state index in [4.69, 9.17) is 5.11 Å². The zero-order valence-corrected chi connectivity index (χ0v) is 12.8. The first-order chi connectivity index (χ1) is 9.85. The number of carbonyl (C=O) groups excluding carboxylic acids is 2. The third-order valence-corrected chi connectivity index (χ3v) is 3.01. The number of carbonyl (C=O) groups is 3. The van der Waals surface area contributed by atoms with Gasteiger partial charge in [0.1, 0.15) is 0 Å². The Labute approximate surface area is 125 Å². The molecule has 0 heterocycles. The molecule has 0 aromatic carbocycles. The average Bonchev–Trinajstić information content (AvgIpc) is 2.38. The van der Waals surface area contributed by atoms with Gasteiger partial charge in [0.2, 0.25) is 11.8 Å². The minimum absolute atomic E-state index is 0.424. The van der Waals surface area contributed by atoms with E-state index in [9.17, 15) is 19.5 Å². The van der Waals surface area contributed by atoms with E-state index in [0.29, 0.717) is 13.1 Å². The van der Waals surface area contributed by atoms with Crippen LogP contribution in [0, 0.1) is 0 Å². The van der Waals surface area contributed by atoms with E-state index >= 15 is 0 Å². The molecule has 0 aromatic heterocycles. The summed E-state index contributed by atoms with van der Waals surface area (Å²) in [6, 6.07) is 0. The largest absolute Gasteiger partial charge is 0.479 e. The maximum Gasteiger partial charge on any atom is 0.336 e. The Kier molecular flexibility index (Phi) is 9.36. The summed E-state index contributed by atoms with van der Waals surface area (Å²) >= 11 is 0. The SMILES string of the molecule is CCCCNC(=O)CC(O)(CC(=O)NCCCC)C(=O)O. The van der Waals surface area contributed by atoms with Gasteiger partial charge in [-0.1, -0.05) is 26.7 Å². The first-order valence-corrected chi connectivity index (χ1v) is 7.35. The van der Waals surface area contributed by atoms with Crippen molar-refractivity contribution >= 4 is 17.8 Å². The maximum atomic E-state index is 11.6. The number of aliphatic carboxylic acids is 1. The first kappa shape index (κ1) is 19.4. The lowest BCUT2D eigenvalue weighted by Gasteiger charge is -2.22. The van der Waals surface area contributed by atoms with Crippen LogP contribution in [0.25, 0.3) is 0 Å². The normalized spacial score (nSPS) is 11.0. The molecule has 0 bridgehead atoms. The number of amides is 2. The minimum atomic E-state index is -2.37. The molecular formula is C14H26N2O5. The molecular weight excluding hydrogens is 276 g/mol. The number of nitrogens with one attached hydrogen (secondary N) is 2. The van der Waals surface area contributed by atoms with Crippen molar-refractivity contribution in [2.75, 3.05) is 13.1 Å². The van der Waals surface area contributed by atoms with Crippen molar-refractivity contribution in [2.45, 2.75) is 58.0 Å². The number of carboxylic acid groups (broad SMARTS) is 1. The molecule has 0 fully saturated rings. The van der Waals surface area contributed by atoms with E-state index in [-0.39, 0.29) is 0 Å². The lowest BCUT2D eigenvalue weighted by Crippen LogP contribution is -2.47. The molecule has 0 spiro atoms. The molecule has 0 aliphatic carbocycles. The number of unbranched alkanes of at least 4 members (excludes halogenated alkanes) is 2. The number of hydrogen-bond acceptors (Lipinski definition) is 4. The van der Waals surface area contributed by atoms with E-state index in [2.05, 4.69) is 10.6 Å². The molecule has 0 rings (SSSR count). The highest BCUT2D eigenvalue weighted by atomic mass is 16.4. The summed E-state index contributed by atoms with van der Waals surface area (Å²) in [4.78, 5) is 34.4. The smallest absolute Gasteiger partial charge is 0.336 e. The topological polar surface area (TPSA) is 116 Å².